The predicted molar refractivity (Wildman–Crippen MR) is 88.6 cm³/mol. The number of carbonyl (C=O) groups is 1. The van der Waals surface area contributed by atoms with Crippen LogP contribution >= 0.6 is 24.0 Å². The van der Waals surface area contributed by atoms with Gasteiger partial charge in [-0.2, -0.15) is 0 Å². The highest BCUT2D eigenvalue weighted by Gasteiger charge is 2.09. The molecule has 0 saturated heterocycles. The standard InChI is InChI=1S/C13H20N4O.HI/c1-13(2,3)17-12(15)16-8-9-4-6-10(7-5-9)11(14)18;/h4-7H,8H2,1-3H3,(H2,14,18)(H3,15,16,17);1H. The van der Waals surface area contributed by atoms with E-state index in [1.807, 2.05) is 32.9 Å². The molecule has 1 amide bonds. The van der Waals surface area contributed by atoms with E-state index in [4.69, 9.17) is 11.5 Å². The number of aliphatic imine (C=N–C) groups is 1. The zero-order chi connectivity index (χ0) is 13.8. The fourth-order valence-electron chi connectivity index (χ4n) is 1.37. The smallest absolute Gasteiger partial charge is 0.248 e. The molecule has 106 valence electrons. The van der Waals surface area contributed by atoms with Crippen molar-refractivity contribution in [3.63, 3.8) is 0 Å². The summed E-state index contributed by atoms with van der Waals surface area (Å²) in [6.07, 6.45) is 0. The van der Waals surface area contributed by atoms with Crippen molar-refractivity contribution in [3.8, 4) is 0 Å². The fraction of sp³-hybridized carbons (Fsp3) is 0.385. The van der Waals surface area contributed by atoms with Gasteiger partial charge in [0.05, 0.1) is 6.54 Å². The van der Waals surface area contributed by atoms with Crippen LogP contribution in [0.2, 0.25) is 0 Å². The Morgan fingerprint density at radius 3 is 2.16 bits per heavy atom. The highest BCUT2D eigenvalue weighted by molar-refractivity contribution is 14.0. The van der Waals surface area contributed by atoms with Crippen LogP contribution in [0.4, 0.5) is 0 Å². The maximum atomic E-state index is 10.9. The third-order valence-electron chi connectivity index (χ3n) is 2.17. The molecule has 6 heteroatoms. The van der Waals surface area contributed by atoms with Gasteiger partial charge in [0.1, 0.15) is 0 Å². The topological polar surface area (TPSA) is 93.5 Å². The normalized spacial score (nSPS) is 11.6. The van der Waals surface area contributed by atoms with E-state index in [0.717, 1.165) is 5.56 Å². The first-order chi connectivity index (χ1) is 8.28. The minimum Gasteiger partial charge on any atom is -0.370 e. The molecule has 1 aromatic carbocycles. The molecule has 0 spiro atoms. The molecule has 0 aliphatic heterocycles. The molecule has 0 saturated carbocycles. The summed E-state index contributed by atoms with van der Waals surface area (Å²) in [7, 11) is 0. The summed E-state index contributed by atoms with van der Waals surface area (Å²) in [5.74, 6) is -0.0274. The van der Waals surface area contributed by atoms with E-state index in [9.17, 15) is 4.79 Å². The summed E-state index contributed by atoms with van der Waals surface area (Å²) >= 11 is 0. The zero-order valence-corrected chi connectivity index (χ0v) is 13.8. The van der Waals surface area contributed by atoms with E-state index in [1.54, 1.807) is 12.1 Å². The molecule has 19 heavy (non-hydrogen) atoms. The molecule has 0 aliphatic carbocycles. The van der Waals surface area contributed by atoms with Gasteiger partial charge in [-0.25, -0.2) is 4.99 Å². The lowest BCUT2D eigenvalue weighted by molar-refractivity contribution is 0.100. The number of carbonyl (C=O) groups excluding carboxylic acids is 1. The lowest BCUT2D eigenvalue weighted by Crippen LogP contribution is -2.44. The summed E-state index contributed by atoms with van der Waals surface area (Å²) in [6, 6.07) is 6.99. The van der Waals surface area contributed by atoms with E-state index < -0.39 is 5.91 Å². The van der Waals surface area contributed by atoms with Crippen molar-refractivity contribution in [1.29, 1.82) is 0 Å². The van der Waals surface area contributed by atoms with Crippen LogP contribution in [0.5, 0.6) is 0 Å². The van der Waals surface area contributed by atoms with Gasteiger partial charge >= 0.3 is 0 Å². The Morgan fingerprint density at radius 2 is 1.74 bits per heavy atom. The van der Waals surface area contributed by atoms with Gasteiger partial charge in [-0.15, -0.1) is 24.0 Å². The fourth-order valence-corrected chi connectivity index (χ4v) is 1.37. The second-order valence-corrected chi connectivity index (χ2v) is 5.14. The SMILES string of the molecule is CC(C)(C)NC(N)=NCc1ccc(C(N)=O)cc1.I. The van der Waals surface area contributed by atoms with Crippen LogP contribution in [0.1, 0.15) is 36.7 Å². The highest BCUT2D eigenvalue weighted by atomic mass is 127. The molecule has 0 unspecified atom stereocenters. The first-order valence-electron chi connectivity index (χ1n) is 5.75. The number of amides is 1. The number of halogens is 1. The van der Waals surface area contributed by atoms with Crippen LogP contribution in [-0.2, 0) is 6.54 Å². The molecule has 0 aliphatic rings. The van der Waals surface area contributed by atoms with Crippen LogP contribution in [0.15, 0.2) is 29.3 Å². The van der Waals surface area contributed by atoms with E-state index in [1.165, 1.54) is 0 Å². The number of hydrogen-bond donors (Lipinski definition) is 3. The van der Waals surface area contributed by atoms with Gasteiger partial charge in [0.15, 0.2) is 5.96 Å². The Balaban J connectivity index is 0.00000324. The van der Waals surface area contributed by atoms with Gasteiger partial charge in [0.25, 0.3) is 0 Å². The minimum atomic E-state index is -0.432. The Bertz CT molecular complexity index is 449. The molecule has 0 fully saturated rings. The van der Waals surface area contributed by atoms with Gasteiger partial charge in [-0.3, -0.25) is 4.79 Å². The third kappa shape index (κ3) is 7.00. The van der Waals surface area contributed by atoms with Gasteiger partial charge in [-0.1, -0.05) is 12.1 Å². The van der Waals surface area contributed by atoms with Gasteiger partial charge < -0.3 is 16.8 Å². The summed E-state index contributed by atoms with van der Waals surface area (Å²) in [6.45, 7) is 6.50. The number of rotatable bonds is 3. The summed E-state index contributed by atoms with van der Waals surface area (Å²) in [5.41, 5.74) is 12.3. The number of nitrogens with zero attached hydrogens (tertiary/aromatic N) is 1. The summed E-state index contributed by atoms with van der Waals surface area (Å²) in [4.78, 5) is 15.1. The van der Waals surface area contributed by atoms with Crippen LogP contribution in [0, 0.1) is 0 Å². The maximum absolute atomic E-state index is 10.9. The van der Waals surface area contributed by atoms with E-state index >= 15 is 0 Å². The van der Waals surface area contributed by atoms with E-state index in [-0.39, 0.29) is 29.5 Å². The molecule has 1 rings (SSSR count). The first kappa shape index (κ1) is 17.7. The number of hydrogen-bond acceptors (Lipinski definition) is 2. The number of guanidine groups is 1. The Hall–Kier alpha value is -1.31. The Kier molecular flexibility index (Phi) is 6.82. The molecule has 0 bridgehead atoms. The van der Waals surface area contributed by atoms with Crippen molar-refractivity contribution >= 4 is 35.8 Å². The molecule has 0 atom stereocenters. The Morgan fingerprint density at radius 1 is 1.21 bits per heavy atom. The predicted octanol–water partition coefficient (Wildman–Crippen LogP) is 1.61. The first-order valence-corrected chi connectivity index (χ1v) is 5.75. The van der Waals surface area contributed by atoms with Gasteiger partial charge in [0.2, 0.25) is 5.91 Å². The van der Waals surface area contributed by atoms with E-state index in [2.05, 4.69) is 10.3 Å². The Labute approximate surface area is 130 Å². The molecule has 0 aromatic heterocycles. The molecule has 5 N–H and O–H groups in total. The average molecular weight is 376 g/mol. The van der Waals surface area contributed by atoms with Gasteiger partial charge in [-0.05, 0) is 38.5 Å². The lowest BCUT2D eigenvalue weighted by Gasteiger charge is -2.20. The average Bonchev–Trinajstić information content (AvgIpc) is 2.24. The second kappa shape index (κ2) is 7.32. The number of nitrogens with one attached hydrogen (secondary N) is 1. The van der Waals surface area contributed by atoms with Crippen LogP contribution in [0.3, 0.4) is 0 Å². The lowest BCUT2D eigenvalue weighted by atomic mass is 10.1. The number of benzene rings is 1. The van der Waals surface area contributed by atoms with Crippen molar-refractivity contribution in [1.82, 2.24) is 5.32 Å². The summed E-state index contributed by atoms with van der Waals surface area (Å²) in [5, 5.41) is 3.07. The maximum Gasteiger partial charge on any atom is 0.248 e. The van der Waals surface area contributed by atoms with Gasteiger partial charge in [0, 0.05) is 11.1 Å². The quantitative estimate of drug-likeness (QED) is 0.425. The zero-order valence-electron chi connectivity index (χ0n) is 11.4. The third-order valence-corrected chi connectivity index (χ3v) is 2.17. The molecular weight excluding hydrogens is 355 g/mol. The van der Waals surface area contributed by atoms with Crippen molar-refractivity contribution in [2.75, 3.05) is 0 Å². The van der Waals surface area contributed by atoms with Crippen molar-refractivity contribution < 1.29 is 4.79 Å². The van der Waals surface area contributed by atoms with Crippen LogP contribution in [-0.4, -0.2) is 17.4 Å². The molecule has 1 aromatic rings. The molecule has 5 nitrogen and oxygen atoms in total. The monoisotopic (exact) mass is 376 g/mol. The number of primary amides is 1. The molecular formula is C13H21IN4O. The van der Waals surface area contributed by atoms with Crippen molar-refractivity contribution in [2.45, 2.75) is 32.9 Å². The highest BCUT2D eigenvalue weighted by Crippen LogP contribution is 2.05. The molecule has 0 heterocycles. The second-order valence-electron chi connectivity index (χ2n) is 5.14. The van der Waals surface area contributed by atoms with Crippen molar-refractivity contribution in [2.24, 2.45) is 16.5 Å². The van der Waals surface area contributed by atoms with Crippen LogP contribution in [0.25, 0.3) is 0 Å². The number of nitrogens with two attached hydrogens (primary N) is 2. The largest absolute Gasteiger partial charge is 0.370 e. The minimum absolute atomic E-state index is 0. The van der Waals surface area contributed by atoms with Crippen LogP contribution < -0.4 is 16.8 Å². The van der Waals surface area contributed by atoms with Crippen molar-refractivity contribution in [3.05, 3.63) is 35.4 Å². The molecule has 0 radical (unpaired) electrons. The summed E-state index contributed by atoms with van der Waals surface area (Å²) < 4.78 is 0. The van der Waals surface area contributed by atoms with E-state index in [0.29, 0.717) is 18.1 Å².